The first-order chi connectivity index (χ1) is 9.67. The fourth-order valence-corrected chi connectivity index (χ4v) is 3.37. The van der Waals surface area contributed by atoms with Crippen LogP contribution in [-0.4, -0.2) is 31.5 Å². The van der Waals surface area contributed by atoms with Crippen LogP contribution in [0.3, 0.4) is 0 Å². The molecular weight excluding hydrogens is 322 g/mol. The molecule has 0 radical (unpaired) electrons. The number of sulfonamides is 1. The van der Waals surface area contributed by atoms with Gasteiger partial charge in [-0.15, -0.1) is 0 Å². The third-order valence-corrected chi connectivity index (χ3v) is 4.27. The van der Waals surface area contributed by atoms with Crippen molar-refractivity contribution in [3.05, 3.63) is 33.3 Å². The van der Waals surface area contributed by atoms with E-state index in [1.54, 1.807) is 0 Å². The lowest BCUT2D eigenvalue weighted by atomic mass is 10.1. The molecule has 10 heteroatoms. The average molecular weight is 334 g/mol. The van der Waals surface area contributed by atoms with Gasteiger partial charge < -0.3 is 4.90 Å². The summed E-state index contributed by atoms with van der Waals surface area (Å²) in [5, 5.41) is 16.2. The van der Waals surface area contributed by atoms with Crippen LogP contribution in [0.4, 0.5) is 11.4 Å². The van der Waals surface area contributed by atoms with Crippen molar-refractivity contribution in [1.82, 2.24) is 0 Å². The molecule has 0 aromatic heterocycles. The molecule has 2 N–H and O–H groups in total. The van der Waals surface area contributed by atoms with Crippen LogP contribution in [0.1, 0.15) is 6.42 Å². The highest BCUT2D eigenvalue weighted by molar-refractivity contribution is 7.89. The van der Waals surface area contributed by atoms with Crippen molar-refractivity contribution in [2.75, 3.05) is 17.2 Å². The highest BCUT2D eigenvalue weighted by Crippen LogP contribution is 2.35. The van der Waals surface area contributed by atoms with E-state index in [9.17, 15) is 23.3 Å². The summed E-state index contributed by atoms with van der Waals surface area (Å²) >= 11 is 5.81. The number of carbonyl (C=O) groups excluding carboxylic acids is 1. The van der Waals surface area contributed by atoms with Gasteiger partial charge in [-0.1, -0.05) is 11.6 Å². The lowest BCUT2D eigenvalue weighted by Gasteiger charge is -2.16. The second-order valence-electron chi connectivity index (χ2n) is 4.79. The van der Waals surface area contributed by atoms with Crippen molar-refractivity contribution >= 4 is 38.9 Å². The number of primary sulfonamides is 1. The summed E-state index contributed by atoms with van der Waals surface area (Å²) in [5.41, 5.74) is -0.196. The third kappa shape index (κ3) is 3.69. The summed E-state index contributed by atoms with van der Waals surface area (Å²) in [5.74, 6) is -1.23. The Labute approximate surface area is 125 Å². The Morgan fingerprint density at radius 3 is 2.71 bits per heavy atom. The van der Waals surface area contributed by atoms with Crippen molar-refractivity contribution in [1.29, 1.82) is 0 Å². The van der Waals surface area contributed by atoms with Crippen molar-refractivity contribution in [3.63, 3.8) is 0 Å². The van der Waals surface area contributed by atoms with Crippen molar-refractivity contribution in [3.8, 4) is 0 Å². The van der Waals surface area contributed by atoms with Gasteiger partial charge in [0.15, 0.2) is 0 Å². The number of amides is 1. The number of carbonyl (C=O) groups is 1. The predicted octanol–water partition coefficient (Wildman–Crippen LogP) is 0.890. The minimum absolute atomic E-state index is 0.0277. The van der Waals surface area contributed by atoms with Gasteiger partial charge in [0.2, 0.25) is 15.9 Å². The van der Waals surface area contributed by atoms with Gasteiger partial charge in [0.05, 0.1) is 10.7 Å². The monoisotopic (exact) mass is 333 g/mol. The van der Waals surface area contributed by atoms with Gasteiger partial charge in [-0.3, -0.25) is 14.9 Å². The highest BCUT2D eigenvalue weighted by Gasteiger charge is 2.35. The fraction of sp³-hybridized carbons (Fsp3) is 0.364. The summed E-state index contributed by atoms with van der Waals surface area (Å²) in [7, 11) is -3.71. The Bertz CT molecular complexity index is 706. The van der Waals surface area contributed by atoms with Gasteiger partial charge in [0.25, 0.3) is 5.69 Å². The van der Waals surface area contributed by atoms with Crippen LogP contribution in [0.2, 0.25) is 5.02 Å². The van der Waals surface area contributed by atoms with E-state index in [4.69, 9.17) is 16.7 Å². The number of nitro benzene ring substituents is 1. The molecule has 1 saturated heterocycles. The van der Waals surface area contributed by atoms with Gasteiger partial charge in [0.1, 0.15) is 5.69 Å². The zero-order valence-electron chi connectivity index (χ0n) is 10.7. The molecule has 8 nitrogen and oxygen atoms in total. The maximum Gasteiger partial charge on any atom is 0.293 e. The Morgan fingerprint density at radius 2 is 2.14 bits per heavy atom. The lowest BCUT2D eigenvalue weighted by molar-refractivity contribution is -0.384. The van der Waals surface area contributed by atoms with Gasteiger partial charge in [-0.25, -0.2) is 13.6 Å². The predicted molar refractivity (Wildman–Crippen MR) is 76.5 cm³/mol. The molecule has 1 aromatic carbocycles. The van der Waals surface area contributed by atoms with E-state index in [2.05, 4.69) is 0 Å². The maximum absolute atomic E-state index is 12.0. The molecule has 1 aliphatic rings. The molecule has 1 amide bonds. The second kappa shape index (κ2) is 5.58. The molecule has 0 bridgehead atoms. The first-order valence-electron chi connectivity index (χ1n) is 5.92. The SMILES string of the molecule is NS(=O)(=O)CC1CC(=O)N(c2cc(Cl)ccc2[N+](=O)[O-])C1. The van der Waals surface area contributed by atoms with Crippen molar-refractivity contribution in [2.24, 2.45) is 11.1 Å². The van der Waals surface area contributed by atoms with Gasteiger partial charge in [0, 0.05) is 30.0 Å². The normalized spacial score (nSPS) is 19.0. The molecule has 1 atom stereocenters. The standard InChI is InChI=1S/C11H12ClN3O5S/c12-8-1-2-9(15(17)18)10(4-8)14-5-7(3-11(14)16)6-21(13,19)20/h1-2,4,7H,3,5-6H2,(H2,13,19,20). The van der Waals surface area contributed by atoms with Crippen LogP contribution in [0.15, 0.2) is 18.2 Å². The van der Waals surface area contributed by atoms with E-state index < -0.39 is 26.8 Å². The highest BCUT2D eigenvalue weighted by atomic mass is 35.5. The number of halogens is 1. The lowest BCUT2D eigenvalue weighted by Crippen LogP contribution is -2.28. The number of rotatable bonds is 4. The Balaban J connectivity index is 2.33. The third-order valence-electron chi connectivity index (χ3n) is 3.10. The molecule has 1 heterocycles. The topological polar surface area (TPSA) is 124 Å². The van der Waals surface area contributed by atoms with Crippen LogP contribution in [0.25, 0.3) is 0 Å². The summed E-state index contributed by atoms with van der Waals surface area (Å²) < 4.78 is 22.2. The molecule has 114 valence electrons. The molecule has 1 aromatic rings. The van der Waals surface area contributed by atoms with Crippen LogP contribution >= 0.6 is 11.6 Å². The van der Waals surface area contributed by atoms with Crippen LogP contribution in [0, 0.1) is 16.0 Å². The van der Waals surface area contributed by atoms with E-state index >= 15 is 0 Å². The first-order valence-corrected chi connectivity index (χ1v) is 8.01. The fourth-order valence-electron chi connectivity index (χ4n) is 2.32. The molecule has 0 saturated carbocycles. The molecular formula is C11H12ClN3O5S. The Kier molecular flexibility index (Phi) is 4.17. The molecule has 1 fully saturated rings. The summed E-state index contributed by atoms with van der Waals surface area (Å²) in [6.45, 7) is 0.0520. The van der Waals surface area contributed by atoms with Crippen LogP contribution < -0.4 is 10.0 Å². The minimum Gasteiger partial charge on any atom is -0.306 e. The number of nitro groups is 1. The number of nitrogens with two attached hydrogens (primary N) is 1. The second-order valence-corrected chi connectivity index (χ2v) is 6.89. The van der Waals surface area contributed by atoms with Crippen molar-refractivity contribution < 1.29 is 18.1 Å². The number of nitrogens with zero attached hydrogens (tertiary/aromatic N) is 2. The summed E-state index contributed by atoms with van der Waals surface area (Å²) in [6.07, 6.45) is -0.0277. The molecule has 21 heavy (non-hydrogen) atoms. The Hall–Kier alpha value is -1.71. The first kappa shape index (κ1) is 15.7. The molecule has 1 unspecified atom stereocenters. The van der Waals surface area contributed by atoms with E-state index in [0.717, 1.165) is 0 Å². The molecule has 2 rings (SSSR count). The average Bonchev–Trinajstić information content (AvgIpc) is 2.66. The van der Waals surface area contributed by atoms with Gasteiger partial charge in [-0.05, 0) is 12.1 Å². The Morgan fingerprint density at radius 1 is 1.48 bits per heavy atom. The van der Waals surface area contributed by atoms with Gasteiger partial charge >= 0.3 is 0 Å². The zero-order valence-corrected chi connectivity index (χ0v) is 12.3. The smallest absolute Gasteiger partial charge is 0.293 e. The minimum atomic E-state index is -3.71. The number of hydrogen-bond donors (Lipinski definition) is 1. The summed E-state index contributed by atoms with van der Waals surface area (Å²) in [6, 6.07) is 3.88. The van der Waals surface area contributed by atoms with Crippen molar-refractivity contribution in [2.45, 2.75) is 6.42 Å². The zero-order chi connectivity index (χ0) is 15.8. The summed E-state index contributed by atoms with van der Waals surface area (Å²) in [4.78, 5) is 23.6. The number of hydrogen-bond acceptors (Lipinski definition) is 5. The maximum atomic E-state index is 12.0. The molecule has 1 aliphatic heterocycles. The number of anilines is 1. The van der Waals surface area contributed by atoms with Crippen LogP contribution in [-0.2, 0) is 14.8 Å². The molecule has 0 spiro atoms. The van der Waals surface area contributed by atoms with E-state index in [1.807, 2.05) is 0 Å². The van der Waals surface area contributed by atoms with E-state index in [0.29, 0.717) is 0 Å². The van der Waals surface area contributed by atoms with Gasteiger partial charge in [-0.2, -0.15) is 0 Å². The van der Waals surface area contributed by atoms with E-state index in [-0.39, 0.29) is 35.1 Å². The largest absolute Gasteiger partial charge is 0.306 e. The van der Waals surface area contributed by atoms with E-state index in [1.165, 1.54) is 23.1 Å². The quantitative estimate of drug-likeness (QED) is 0.647. The molecule has 0 aliphatic carbocycles. The van der Waals surface area contributed by atoms with Crippen LogP contribution in [0.5, 0.6) is 0 Å². The number of benzene rings is 1.